The van der Waals surface area contributed by atoms with E-state index in [0.29, 0.717) is 12.0 Å². The highest BCUT2D eigenvalue weighted by Gasteiger charge is 2.23. The molecule has 21 heavy (non-hydrogen) atoms. The quantitative estimate of drug-likeness (QED) is 0.401. The molecule has 1 unspecified atom stereocenters. The molecule has 0 spiro atoms. The molecule has 1 aliphatic rings. The summed E-state index contributed by atoms with van der Waals surface area (Å²) in [6.07, 6.45) is 2.12. The maximum Gasteiger partial charge on any atom is 0.191 e. The van der Waals surface area contributed by atoms with Crippen LogP contribution in [0.5, 0.6) is 0 Å². The first kappa shape index (κ1) is 18.6. The summed E-state index contributed by atoms with van der Waals surface area (Å²) in [5.41, 5.74) is 0. The molecule has 5 nitrogen and oxygen atoms in total. The molecule has 0 aromatic rings. The smallest absolute Gasteiger partial charge is 0.191 e. The molecule has 1 heterocycles. The molecule has 124 valence electrons. The Bertz CT molecular complexity index is 293. The van der Waals surface area contributed by atoms with Gasteiger partial charge in [0.05, 0.1) is 19.8 Å². The third-order valence-corrected chi connectivity index (χ3v) is 4.28. The molecule has 1 fully saturated rings. The Morgan fingerprint density at radius 1 is 1.29 bits per heavy atom. The molecule has 0 saturated carbocycles. The van der Waals surface area contributed by atoms with Crippen LogP contribution < -0.4 is 10.6 Å². The topological polar surface area (TPSA) is 48.9 Å². The molecule has 1 saturated heterocycles. The van der Waals surface area contributed by atoms with Gasteiger partial charge in [-0.3, -0.25) is 9.89 Å². The zero-order valence-electron chi connectivity index (χ0n) is 14.0. The predicted molar refractivity (Wildman–Crippen MR) is 93.4 cm³/mol. The Labute approximate surface area is 134 Å². The number of ether oxygens (including phenoxy) is 1. The van der Waals surface area contributed by atoms with Gasteiger partial charge in [0, 0.05) is 38.0 Å². The normalized spacial score (nSPS) is 18.8. The summed E-state index contributed by atoms with van der Waals surface area (Å²) in [6.45, 7) is 13.1. The number of nitrogens with one attached hydrogen (secondary N) is 2. The van der Waals surface area contributed by atoms with Crippen molar-refractivity contribution in [3.63, 3.8) is 0 Å². The lowest BCUT2D eigenvalue weighted by atomic mass is 10.0. The van der Waals surface area contributed by atoms with E-state index in [1.54, 1.807) is 0 Å². The minimum atomic E-state index is 0.491. The summed E-state index contributed by atoms with van der Waals surface area (Å²) in [6, 6.07) is 0.491. The molecule has 0 amide bonds. The maximum atomic E-state index is 5.45. The van der Waals surface area contributed by atoms with Gasteiger partial charge in [0.25, 0.3) is 0 Å². The van der Waals surface area contributed by atoms with Gasteiger partial charge in [-0.25, -0.2) is 0 Å². The fraction of sp³-hybridized carbons (Fsp3) is 0.933. The van der Waals surface area contributed by atoms with Crippen LogP contribution in [0.3, 0.4) is 0 Å². The molecule has 1 rings (SSSR count). The van der Waals surface area contributed by atoms with Crippen LogP contribution in [-0.2, 0) is 4.74 Å². The third kappa shape index (κ3) is 7.38. The molecule has 2 N–H and O–H groups in total. The highest BCUT2D eigenvalue weighted by molar-refractivity contribution is 7.98. The van der Waals surface area contributed by atoms with Gasteiger partial charge in [0.15, 0.2) is 5.96 Å². The molecular formula is C15H32N4OS. The van der Waals surface area contributed by atoms with E-state index in [-0.39, 0.29) is 0 Å². The Morgan fingerprint density at radius 2 is 2.00 bits per heavy atom. The fourth-order valence-electron chi connectivity index (χ4n) is 2.46. The van der Waals surface area contributed by atoms with Crippen LogP contribution in [0.25, 0.3) is 0 Å². The Morgan fingerprint density at radius 3 is 2.57 bits per heavy atom. The minimum absolute atomic E-state index is 0.491. The van der Waals surface area contributed by atoms with Crippen LogP contribution in [0.1, 0.15) is 20.8 Å². The van der Waals surface area contributed by atoms with E-state index >= 15 is 0 Å². The van der Waals surface area contributed by atoms with Gasteiger partial charge in [-0.15, -0.1) is 0 Å². The van der Waals surface area contributed by atoms with Gasteiger partial charge in [-0.1, -0.05) is 13.8 Å². The zero-order valence-corrected chi connectivity index (χ0v) is 14.8. The lowest BCUT2D eigenvalue weighted by Gasteiger charge is -2.36. The van der Waals surface area contributed by atoms with E-state index in [2.05, 4.69) is 42.6 Å². The third-order valence-electron chi connectivity index (χ3n) is 3.66. The van der Waals surface area contributed by atoms with Gasteiger partial charge in [0.1, 0.15) is 0 Å². The Hall–Kier alpha value is -0.460. The Kier molecular flexibility index (Phi) is 9.87. The molecule has 1 aliphatic heterocycles. The van der Waals surface area contributed by atoms with Gasteiger partial charge in [0.2, 0.25) is 0 Å². The van der Waals surface area contributed by atoms with Crippen molar-refractivity contribution in [2.75, 3.05) is 57.9 Å². The highest BCUT2D eigenvalue weighted by atomic mass is 32.2. The molecule has 0 aromatic heterocycles. The van der Waals surface area contributed by atoms with Crippen LogP contribution in [0.2, 0.25) is 0 Å². The van der Waals surface area contributed by atoms with E-state index in [4.69, 9.17) is 9.73 Å². The molecule has 0 aromatic carbocycles. The van der Waals surface area contributed by atoms with Gasteiger partial charge in [-0.2, -0.15) is 11.8 Å². The van der Waals surface area contributed by atoms with Crippen LogP contribution in [-0.4, -0.2) is 74.8 Å². The largest absolute Gasteiger partial charge is 0.379 e. The first-order valence-electron chi connectivity index (χ1n) is 8.02. The number of guanidine groups is 1. The number of hydrogen-bond donors (Lipinski definition) is 2. The van der Waals surface area contributed by atoms with Crippen molar-refractivity contribution in [3.05, 3.63) is 0 Å². The van der Waals surface area contributed by atoms with Crippen LogP contribution in [0.15, 0.2) is 4.99 Å². The number of thioether (sulfide) groups is 1. The zero-order chi connectivity index (χ0) is 15.5. The average Bonchev–Trinajstić information content (AvgIpc) is 2.48. The predicted octanol–water partition coefficient (Wildman–Crippen LogP) is 1.26. The Balaban J connectivity index is 2.55. The molecule has 0 aliphatic carbocycles. The van der Waals surface area contributed by atoms with E-state index in [9.17, 15) is 0 Å². The molecule has 0 radical (unpaired) electrons. The standard InChI is InChI=1S/C15H32N4OS/c1-5-16-15(17-6-11-21-4)18-12-14(13(2)3)19-7-9-20-10-8-19/h13-14H,5-12H2,1-4H3,(H2,16,17,18). The minimum Gasteiger partial charge on any atom is -0.379 e. The van der Waals surface area contributed by atoms with Gasteiger partial charge < -0.3 is 15.4 Å². The molecule has 0 bridgehead atoms. The number of aliphatic imine (C=N–C) groups is 1. The highest BCUT2D eigenvalue weighted by Crippen LogP contribution is 2.13. The van der Waals surface area contributed by atoms with E-state index < -0.39 is 0 Å². The molecule has 1 atom stereocenters. The second-order valence-corrected chi connectivity index (χ2v) is 6.58. The second-order valence-electron chi connectivity index (χ2n) is 5.60. The average molecular weight is 317 g/mol. The van der Waals surface area contributed by atoms with Crippen molar-refractivity contribution in [2.24, 2.45) is 10.9 Å². The summed E-state index contributed by atoms with van der Waals surface area (Å²) in [4.78, 5) is 7.30. The lowest BCUT2D eigenvalue weighted by molar-refractivity contribution is 0.00867. The first-order valence-corrected chi connectivity index (χ1v) is 9.41. The van der Waals surface area contributed by atoms with E-state index in [1.165, 1.54) is 0 Å². The van der Waals surface area contributed by atoms with Crippen LogP contribution in [0, 0.1) is 5.92 Å². The summed E-state index contributed by atoms with van der Waals surface area (Å²) < 4.78 is 5.45. The summed E-state index contributed by atoms with van der Waals surface area (Å²) >= 11 is 1.85. The number of hydrogen-bond acceptors (Lipinski definition) is 4. The van der Waals surface area contributed by atoms with Crippen molar-refractivity contribution in [1.29, 1.82) is 0 Å². The van der Waals surface area contributed by atoms with Crippen molar-refractivity contribution in [3.8, 4) is 0 Å². The number of rotatable bonds is 8. The van der Waals surface area contributed by atoms with E-state index in [0.717, 1.165) is 57.6 Å². The summed E-state index contributed by atoms with van der Waals surface area (Å²) in [7, 11) is 0. The summed E-state index contributed by atoms with van der Waals surface area (Å²) in [5, 5.41) is 6.72. The number of nitrogens with zero attached hydrogens (tertiary/aromatic N) is 2. The van der Waals surface area contributed by atoms with Crippen molar-refractivity contribution >= 4 is 17.7 Å². The number of morpholine rings is 1. The second kappa shape index (κ2) is 11.2. The van der Waals surface area contributed by atoms with Crippen molar-refractivity contribution in [2.45, 2.75) is 26.8 Å². The van der Waals surface area contributed by atoms with E-state index in [1.807, 2.05) is 11.8 Å². The molecule has 6 heteroatoms. The first-order chi connectivity index (χ1) is 10.2. The van der Waals surface area contributed by atoms with Gasteiger partial charge in [-0.05, 0) is 19.1 Å². The summed E-state index contributed by atoms with van der Waals surface area (Å²) in [5.74, 6) is 2.63. The lowest BCUT2D eigenvalue weighted by Crippen LogP contribution is -2.48. The SMILES string of the molecule is CCNC(=NCC(C(C)C)N1CCOCC1)NCCSC. The van der Waals surface area contributed by atoms with Crippen LogP contribution >= 0.6 is 11.8 Å². The fourth-order valence-corrected chi connectivity index (χ4v) is 2.76. The maximum absolute atomic E-state index is 5.45. The van der Waals surface area contributed by atoms with Crippen LogP contribution in [0.4, 0.5) is 0 Å². The monoisotopic (exact) mass is 316 g/mol. The van der Waals surface area contributed by atoms with Gasteiger partial charge >= 0.3 is 0 Å². The molecular weight excluding hydrogens is 284 g/mol. The van der Waals surface area contributed by atoms with Crippen molar-refractivity contribution < 1.29 is 4.74 Å². The van der Waals surface area contributed by atoms with Crippen molar-refractivity contribution in [1.82, 2.24) is 15.5 Å².